The molecule has 1 aromatic carbocycles. The first-order valence-electron chi connectivity index (χ1n) is 9.43. The molecule has 0 atom stereocenters. The van der Waals surface area contributed by atoms with Crippen molar-refractivity contribution in [1.29, 1.82) is 0 Å². The molecule has 0 N–H and O–H groups in total. The summed E-state index contributed by atoms with van der Waals surface area (Å²) in [7, 11) is 4.07. The van der Waals surface area contributed by atoms with Crippen LogP contribution in [0.4, 0.5) is 0 Å². The van der Waals surface area contributed by atoms with Gasteiger partial charge in [0, 0.05) is 24.7 Å². The van der Waals surface area contributed by atoms with Gasteiger partial charge in [0.05, 0.1) is 27.2 Å². The van der Waals surface area contributed by atoms with Gasteiger partial charge in [-0.15, -0.1) is 0 Å². The number of likely N-dealkylation sites (N-methyl/N-ethyl adjacent to an activating group) is 1. The summed E-state index contributed by atoms with van der Waals surface area (Å²) in [6.45, 7) is 1.36. The maximum absolute atomic E-state index is 12.8. The summed E-state index contributed by atoms with van der Waals surface area (Å²) in [5, 5.41) is 0.741. The number of para-hydroxylation sites is 1. The molecule has 2 aromatic heterocycles. The monoisotopic (exact) mass is 417 g/mol. The highest BCUT2D eigenvalue weighted by Gasteiger charge is 2.22. The number of hydrogen-bond acceptors (Lipinski definition) is 6. The Balaban J connectivity index is 2.06. The Bertz CT molecular complexity index is 1130. The third kappa shape index (κ3) is 4.60. The first kappa shape index (κ1) is 21.3. The highest BCUT2D eigenvalue weighted by atomic mass is 32.2. The summed E-state index contributed by atoms with van der Waals surface area (Å²) >= 11 is 0. The van der Waals surface area contributed by atoms with E-state index in [2.05, 4.69) is 0 Å². The Morgan fingerprint density at radius 1 is 0.966 bits per heavy atom. The van der Waals surface area contributed by atoms with E-state index in [9.17, 15) is 13.2 Å². The molecule has 29 heavy (non-hydrogen) atoms. The van der Waals surface area contributed by atoms with E-state index in [-0.39, 0.29) is 17.3 Å². The second-order valence-electron chi connectivity index (χ2n) is 7.57. The zero-order valence-corrected chi connectivity index (χ0v) is 18.1. The molecule has 0 fully saturated rings. The largest absolute Gasteiger partial charge is 0.461 e. The van der Waals surface area contributed by atoms with Crippen molar-refractivity contribution in [1.82, 2.24) is 14.2 Å². The second kappa shape index (κ2) is 8.52. The minimum atomic E-state index is -3.43. The van der Waals surface area contributed by atoms with E-state index in [1.807, 2.05) is 62.3 Å². The highest BCUT2D eigenvalue weighted by molar-refractivity contribution is 7.91. The predicted molar refractivity (Wildman–Crippen MR) is 114 cm³/mol. The van der Waals surface area contributed by atoms with Crippen LogP contribution in [0, 0.1) is 0 Å². The van der Waals surface area contributed by atoms with E-state index in [0.29, 0.717) is 24.2 Å². The van der Waals surface area contributed by atoms with Crippen LogP contribution in [0.5, 0.6) is 0 Å². The van der Waals surface area contributed by atoms with Gasteiger partial charge in [-0.25, -0.2) is 13.2 Å². The van der Waals surface area contributed by atoms with Gasteiger partial charge in [-0.3, -0.25) is 0 Å². The molecule has 0 saturated heterocycles. The molecule has 0 aliphatic heterocycles. The Morgan fingerprint density at radius 3 is 2.34 bits per heavy atom. The number of rotatable bonds is 8. The smallest absolute Gasteiger partial charge is 0.341 e. The number of fused-ring (bicyclic) bond motifs is 3. The van der Waals surface area contributed by atoms with Gasteiger partial charge >= 0.3 is 5.97 Å². The zero-order valence-electron chi connectivity index (χ0n) is 17.3. The minimum Gasteiger partial charge on any atom is -0.461 e. The summed E-state index contributed by atoms with van der Waals surface area (Å²) < 4.78 is 32.7. The van der Waals surface area contributed by atoms with Gasteiger partial charge in [-0.2, -0.15) is 0 Å². The summed E-state index contributed by atoms with van der Waals surface area (Å²) in [4.78, 5) is 16.8. The van der Waals surface area contributed by atoms with Crippen LogP contribution < -0.4 is 0 Å². The summed E-state index contributed by atoms with van der Waals surface area (Å²) in [5.74, 6) is -0.377. The lowest BCUT2D eigenvalue weighted by Crippen LogP contribution is -2.22. The lowest BCUT2D eigenvalue weighted by atomic mass is 10.1. The number of aromatic nitrogens is 1. The average Bonchev–Trinajstić information content (AvgIpc) is 3.00. The third-order valence-electron chi connectivity index (χ3n) is 4.75. The van der Waals surface area contributed by atoms with Gasteiger partial charge in [0.1, 0.15) is 6.61 Å². The van der Waals surface area contributed by atoms with Gasteiger partial charge in [0.2, 0.25) is 0 Å². The Labute approximate surface area is 171 Å². The van der Waals surface area contributed by atoms with Crippen molar-refractivity contribution in [3.05, 3.63) is 48.2 Å². The molecule has 0 radical (unpaired) electrons. The molecule has 3 aromatic rings. The van der Waals surface area contributed by atoms with Crippen LogP contribution in [0.2, 0.25) is 0 Å². The van der Waals surface area contributed by atoms with Gasteiger partial charge < -0.3 is 18.9 Å². The van der Waals surface area contributed by atoms with Crippen molar-refractivity contribution in [3.8, 4) is 0 Å². The van der Waals surface area contributed by atoms with Crippen molar-refractivity contribution < 1.29 is 17.9 Å². The van der Waals surface area contributed by atoms with Crippen LogP contribution >= 0.6 is 0 Å². The molecular weight excluding hydrogens is 390 g/mol. The number of carbonyl (C=O) groups excluding carboxylic acids is 1. The molecule has 7 nitrogen and oxygen atoms in total. The predicted octanol–water partition coefficient (Wildman–Crippen LogP) is 2.15. The lowest BCUT2D eigenvalue weighted by Gasteiger charge is -2.11. The van der Waals surface area contributed by atoms with Crippen LogP contribution in [0.3, 0.4) is 0 Å². The topological polar surface area (TPSA) is 71.3 Å². The fourth-order valence-corrected chi connectivity index (χ4v) is 4.51. The van der Waals surface area contributed by atoms with Crippen LogP contribution in [0.1, 0.15) is 10.4 Å². The van der Waals surface area contributed by atoms with E-state index in [0.717, 1.165) is 10.9 Å². The zero-order chi connectivity index (χ0) is 21.2. The molecule has 2 heterocycles. The molecule has 0 saturated carbocycles. The molecule has 0 bridgehead atoms. The maximum Gasteiger partial charge on any atom is 0.341 e. The van der Waals surface area contributed by atoms with Crippen LogP contribution in [0.25, 0.3) is 16.4 Å². The molecular formula is C21H27N3O4S. The number of pyridine rings is 1. The normalized spacial score (nSPS) is 12.3. The van der Waals surface area contributed by atoms with Crippen molar-refractivity contribution in [2.24, 2.45) is 0 Å². The van der Waals surface area contributed by atoms with Crippen LogP contribution in [-0.2, 0) is 14.6 Å². The summed E-state index contributed by atoms with van der Waals surface area (Å²) in [5.41, 5.74) is 1.86. The number of hydrogen-bond donors (Lipinski definition) is 0. The van der Waals surface area contributed by atoms with E-state index >= 15 is 0 Å². The number of esters is 1. The van der Waals surface area contributed by atoms with Crippen LogP contribution in [-0.4, -0.2) is 82.2 Å². The first-order chi connectivity index (χ1) is 13.7. The van der Waals surface area contributed by atoms with Crippen LogP contribution in [0.15, 0.2) is 47.5 Å². The minimum absolute atomic E-state index is 0.0319. The number of carbonyl (C=O) groups is 1. The fourth-order valence-electron chi connectivity index (χ4n) is 3.13. The third-order valence-corrected chi connectivity index (χ3v) is 6.43. The number of benzene rings is 1. The number of nitrogens with zero attached hydrogens (tertiary/aromatic N) is 3. The number of ether oxygens (including phenoxy) is 1. The SMILES string of the molecule is CN(C)CCOC(=O)c1c2ccccc2n2cc(S(=O)(=O)CCN(C)C)ccc12. The first-order valence-corrected chi connectivity index (χ1v) is 11.1. The van der Waals surface area contributed by atoms with Crippen molar-refractivity contribution in [2.75, 3.05) is 53.6 Å². The standard InChI is InChI=1S/C21H27N3O4S/c1-22(2)11-13-28-21(25)20-17-7-5-6-8-18(17)24-15-16(9-10-19(20)24)29(26,27)14-12-23(3)4/h5-10,15H,11-14H2,1-4H3. The molecule has 0 amide bonds. The number of sulfone groups is 1. The van der Waals surface area contributed by atoms with E-state index in [4.69, 9.17) is 4.74 Å². The summed E-state index contributed by atoms with van der Waals surface area (Å²) in [6, 6.07) is 10.7. The molecule has 0 unspecified atom stereocenters. The van der Waals surface area contributed by atoms with Crippen molar-refractivity contribution in [2.45, 2.75) is 4.90 Å². The fraction of sp³-hybridized carbons (Fsp3) is 0.381. The van der Waals surface area contributed by atoms with E-state index < -0.39 is 15.8 Å². The quantitative estimate of drug-likeness (QED) is 0.523. The summed E-state index contributed by atoms with van der Waals surface area (Å²) in [6.07, 6.45) is 1.60. The highest BCUT2D eigenvalue weighted by Crippen LogP contribution is 2.29. The Morgan fingerprint density at radius 2 is 1.66 bits per heavy atom. The lowest BCUT2D eigenvalue weighted by molar-refractivity contribution is 0.0486. The molecule has 0 spiro atoms. The van der Waals surface area contributed by atoms with Gasteiger partial charge in [-0.05, 0) is 46.4 Å². The van der Waals surface area contributed by atoms with Crippen molar-refractivity contribution in [3.63, 3.8) is 0 Å². The average molecular weight is 418 g/mol. The molecule has 156 valence electrons. The maximum atomic E-state index is 12.8. The molecule has 0 aliphatic rings. The van der Waals surface area contributed by atoms with Crippen molar-refractivity contribution >= 4 is 32.2 Å². The van der Waals surface area contributed by atoms with Gasteiger partial charge in [0.15, 0.2) is 9.84 Å². The molecule has 0 aliphatic carbocycles. The van der Waals surface area contributed by atoms with E-state index in [1.54, 1.807) is 22.7 Å². The second-order valence-corrected chi connectivity index (χ2v) is 9.68. The Hall–Kier alpha value is -2.42. The van der Waals surface area contributed by atoms with Gasteiger partial charge in [0.25, 0.3) is 0 Å². The molecule has 3 rings (SSSR count). The Kier molecular flexibility index (Phi) is 6.26. The van der Waals surface area contributed by atoms with E-state index in [1.165, 1.54) is 0 Å². The molecule has 8 heteroatoms. The van der Waals surface area contributed by atoms with Gasteiger partial charge in [-0.1, -0.05) is 18.2 Å².